The number of amidine groups is 1. The SMILES string of the molecule is C=CC(=N/c1ccccc1F)/[N+](C)=C(\C=C)[C@@H]1CCCN1[C@H](C)c1ccccc1. The Bertz CT molecular complexity index is 930. The largest absolute Gasteiger partial charge is 0.323 e. The molecule has 0 unspecified atom stereocenters. The van der Waals surface area contributed by atoms with Crippen LogP contribution in [0.4, 0.5) is 10.1 Å². The molecular formula is C25H29FN3+. The molecule has 0 bridgehead atoms. The summed E-state index contributed by atoms with van der Waals surface area (Å²) in [6.07, 6.45) is 5.73. The summed E-state index contributed by atoms with van der Waals surface area (Å²) in [7, 11) is 1.95. The van der Waals surface area contributed by atoms with E-state index in [1.54, 1.807) is 24.3 Å². The number of rotatable bonds is 6. The molecule has 29 heavy (non-hydrogen) atoms. The molecule has 0 N–H and O–H groups in total. The highest BCUT2D eigenvalue weighted by Gasteiger charge is 2.34. The Morgan fingerprint density at radius 3 is 2.48 bits per heavy atom. The standard InChI is InChI=1S/C25H29FN3/c1-5-23(28(4)25(6-2)27-22-16-11-10-15-21(22)26)24-17-12-18-29(24)19(3)20-13-8-7-9-14-20/h5-11,13-16,19,24H,1-2,12,17-18H2,3-4H3/q+1/b27-25-,28-23+/t19-,24+/m1/s1. The van der Waals surface area contributed by atoms with Crippen molar-refractivity contribution in [1.29, 1.82) is 0 Å². The first-order chi connectivity index (χ1) is 14.1. The van der Waals surface area contributed by atoms with Crippen molar-refractivity contribution in [2.75, 3.05) is 13.6 Å². The quantitative estimate of drug-likeness (QED) is 0.360. The minimum atomic E-state index is -0.347. The molecule has 3 nitrogen and oxygen atoms in total. The molecule has 2 atom stereocenters. The smallest absolute Gasteiger partial charge is 0.286 e. The zero-order valence-electron chi connectivity index (χ0n) is 17.3. The molecule has 1 fully saturated rings. The average molecular weight is 391 g/mol. The van der Waals surface area contributed by atoms with Crippen molar-refractivity contribution in [1.82, 2.24) is 4.90 Å². The zero-order valence-corrected chi connectivity index (χ0v) is 17.3. The maximum absolute atomic E-state index is 14.1. The third-order valence-electron chi connectivity index (χ3n) is 5.63. The van der Waals surface area contributed by atoms with E-state index in [-0.39, 0.29) is 11.9 Å². The van der Waals surface area contributed by atoms with Gasteiger partial charge in [-0.25, -0.2) is 8.97 Å². The summed E-state index contributed by atoms with van der Waals surface area (Å²) in [5, 5.41) is 0. The molecule has 1 aliphatic rings. The Balaban J connectivity index is 1.97. The number of para-hydroxylation sites is 1. The molecule has 0 spiro atoms. The number of likely N-dealkylation sites (N-methyl/N-ethyl adjacent to an activating group) is 1. The van der Waals surface area contributed by atoms with Crippen LogP contribution in [0.1, 0.15) is 31.4 Å². The number of halogens is 1. The van der Waals surface area contributed by atoms with Gasteiger partial charge < -0.3 is 0 Å². The van der Waals surface area contributed by atoms with Crippen LogP contribution in [0.5, 0.6) is 0 Å². The lowest BCUT2D eigenvalue weighted by Gasteiger charge is -2.31. The van der Waals surface area contributed by atoms with Crippen LogP contribution in [0.2, 0.25) is 0 Å². The van der Waals surface area contributed by atoms with E-state index in [2.05, 4.69) is 54.2 Å². The molecule has 0 saturated carbocycles. The number of benzene rings is 2. The van der Waals surface area contributed by atoms with Gasteiger partial charge in [0.15, 0.2) is 5.82 Å². The topological polar surface area (TPSA) is 18.6 Å². The Morgan fingerprint density at radius 2 is 1.83 bits per heavy atom. The Labute approximate surface area is 173 Å². The minimum Gasteiger partial charge on any atom is -0.286 e. The number of hydrogen-bond donors (Lipinski definition) is 0. The highest BCUT2D eigenvalue weighted by molar-refractivity contribution is 6.01. The second kappa shape index (κ2) is 9.57. The summed E-state index contributed by atoms with van der Waals surface area (Å²) in [5.74, 6) is 0.254. The molecule has 0 amide bonds. The van der Waals surface area contributed by atoms with E-state index >= 15 is 0 Å². The fourth-order valence-electron chi connectivity index (χ4n) is 4.05. The molecule has 1 aliphatic heterocycles. The lowest BCUT2D eigenvalue weighted by molar-refractivity contribution is -0.371. The van der Waals surface area contributed by atoms with Gasteiger partial charge in [-0.15, -0.1) is 0 Å². The lowest BCUT2D eigenvalue weighted by atomic mass is 10.0. The van der Waals surface area contributed by atoms with Crippen LogP contribution in [-0.4, -0.2) is 40.7 Å². The van der Waals surface area contributed by atoms with Gasteiger partial charge in [0.05, 0.1) is 13.1 Å². The molecular weight excluding hydrogens is 361 g/mol. The van der Waals surface area contributed by atoms with Crippen LogP contribution in [0.25, 0.3) is 0 Å². The van der Waals surface area contributed by atoms with Crippen molar-refractivity contribution < 1.29 is 8.97 Å². The van der Waals surface area contributed by atoms with Gasteiger partial charge in [-0.05, 0) is 55.1 Å². The van der Waals surface area contributed by atoms with E-state index in [1.165, 1.54) is 11.6 Å². The van der Waals surface area contributed by atoms with Crippen LogP contribution in [0, 0.1) is 5.82 Å². The number of likely N-dealkylation sites (tertiary alicyclic amines) is 1. The molecule has 2 aromatic carbocycles. The maximum Gasteiger partial charge on any atom is 0.323 e. The van der Waals surface area contributed by atoms with Gasteiger partial charge in [0.2, 0.25) is 5.69 Å². The van der Waals surface area contributed by atoms with E-state index in [0.717, 1.165) is 25.1 Å². The number of hydrogen-bond acceptors (Lipinski definition) is 2. The van der Waals surface area contributed by atoms with E-state index in [1.807, 2.05) is 23.8 Å². The van der Waals surface area contributed by atoms with E-state index in [4.69, 9.17) is 0 Å². The zero-order chi connectivity index (χ0) is 20.8. The normalized spacial score (nSPS) is 19.6. The van der Waals surface area contributed by atoms with Crippen molar-refractivity contribution in [3.8, 4) is 0 Å². The second-order valence-electron chi connectivity index (χ2n) is 7.30. The first-order valence-corrected chi connectivity index (χ1v) is 10.1. The molecule has 0 radical (unpaired) electrons. The van der Waals surface area contributed by atoms with Gasteiger partial charge in [-0.3, -0.25) is 4.90 Å². The molecule has 0 aliphatic carbocycles. The third-order valence-corrected chi connectivity index (χ3v) is 5.63. The summed E-state index contributed by atoms with van der Waals surface area (Å²) < 4.78 is 16.1. The van der Waals surface area contributed by atoms with Gasteiger partial charge in [-0.1, -0.05) is 55.6 Å². The number of nitrogens with zero attached hydrogens (tertiary/aromatic N) is 3. The van der Waals surface area contributed by atoms with Crippen molar-refractivity contribution in [2.45, 2.75) is 31.8 Å². The van der Waals surface area contributed by atoms with Gasteiger partial charge >= 0.3 is 5.84 Å². The molecule has 4 heteroatoms. The summed E-state index contributed by atoms with van der Waals surface area (Å²) in [6.45, 7) is 11.2. The van der Waals surface area contributed by atoms with E-state index in [9.17, 15) is 4.39 Å². The van der Waals surface area contributed by atoms with Crippen molar-refractivity contribution in [3.05, 3.63) is 91.3 Å². The predicted octanol–water partition coefficient (Wildman–Crippen LogP) is 5.54. The molecule has 2 aromatic rings. The van der Waals surface area contributed by atoms with Crippen molar-refractivity contribution in [2.24, 2.45) is 4.99 Å². The first-order valence-electron chi connectivity index (χ1n) is 10.1. The first kappa shape index (κ1) is 20.9. The molecule has 1 heterocycles. The third kappa shape index (κ3) is 4.60. The molecule has 0 aromatic heterocycles. The van der Waals surface area contributed by atoms with Crippen LogP contribution < -0.4 is 0 Å². The van der Waals surface area contributed by atoms with Gasteiger partial charge in [-0.2, -0.15) is 0 Å². The fourth-order valence-corrected chi connectivity index (χ4v) is 4.05. The highest BCUT2D eigenvalue weighted by Crippen LogP contribution is 2.30. The predicted molar refractivity (Wildman–Crippen MR) is 120 cm³/mol. The van der Waals surface area contributed by atoms with Gasteiger partial charge in [0, 0.05) is 12.1 Å². The van der Waals surface area contributed by atoms with E-state index in [0.29, 0.717) is 17.6 Å². The van der Waals surface area contributed by atoms with Crippen LogP contribution in [0.3, 0.4) is 0 Å². The van der Waals surface area contributed by atoms with Crippen molar-refractivity contribution >= 4 is 17.2 Å². The average Bonchev–Trinajstić information content (AvgIpc) is 3.23. The minimum absolute atomic E-state index is 0.221. The number of aliphatic imine (C=N–C) groups is 1. The lowest BCUT2D eigenvalue weighted by Crippen LogP contribution is -2.41. The van der Waals surface area contributed by atoms with Gasteiger partial charge in [0.1, 0.15) is 5.71 Å². The van der Waals surface area contributed by atoms with Crippen molar-refractivity contribution in [3.63, 3.8) is 0 Å². The summed E-state index contributed by atoms with van der Waals surface area (Å²) >= 11 is 0. The Kier molecular flexibility index (Phi) is 6.89. The summed E-state index contributed by atoms with van der Waals surface area (Å²) in [6, 6.07) is 17.6. The van der Waals surface area contributed by atoms with Gasteiger partial charge in [0.25, 0.3) is 0 Å². The van der Waals surface area contributed by atoms with Crippen LogP contribution in [0.15, 0.2) is 84.9 Å². The summed E-state index contributed by atoms with van der Waals surface area (Å²) in [4.78, 5) is 7.01. The maximum atomic E-state index is 14.1. The fraction of sp³-hybridized carbons (Fsp3) is 0.280. The highest BCUT2D eigenvalue weighted by atomic mass is 19.1. The van der Waals surface area contributed by atoms with Crippen LogP contribution >= 0.6 is 0 Å². The second-order valence-corrected chi connectivity index (χ2v) is 7.30. The molecule has 1 saturated heterocycles. The summed E-state index contributed by atoms with van der Waals surface area (Å²) in [5.41, 5.74) is 2.66. The molecule has 150 valence electrons. The van der Waals surface area contributed by atoms with E-state index < -0.39 is 0 Å². The Morgan fingerprint density at radius 1 is 1.14 bits per heavy atom. The molecule has 3 rings (SSSR count). The van der Waals surface area contributed by atoms with Crippen LogP contribution in [-0.2, 0) is 0 Å². The Hall–Kier alpha value is -2.85. The monoisotopic (exact) mass is 390 g/mol.